The van der Waals surface area contributed by atoms with E-state index in [1.165, 1.54) is 6.07 Å². The van der Waals surface area contributed by atoms with Crippen LogP contribution in [-0.4, -0.2) is 25.0 Å². The maximum Gasteiger partial charge on any atom is 0.416 e. The summed E-state index contributed by atoms with van der Waals surface area (Å²) in [5.41, 5.74) is -0.996. The van der Waals surface area contributed by atoms with Gasteiger partial charge in [-0.15, -0.1) is 0 Å². The predicted molar refractivity (Wildman–Crippen MR) is 69.6 cm³/mol. The Labute approximate surface area is 120 Å². The molecule has 0 saturated heterocycles. The van der Waals surface area contributed by atoms with Gasteiger partial charge in [0.2, 0.25) is 0 Å². The van der Waals surface area contributed by atoms with Crippen LogP contribution >= 0.6 is 0 Å². The molecule has 7 heteroatoms. The van der Waals surface area contributed by atoms with Crippen molar-refractivity contribution in [1.82, 2.24) is 5.32 Å². The van der Waals surface area contributed by atoms with E-state index >= 15 is 0 Å². The maximum atomic E-state index is 12.5. The smallest absolute Gasteiger partial charge is 0.416 e. The van der Waals surface area contributed by atoms with Crippen LogP contribution in [0.5, 0.6) is 0 Å². The van der Waals surface area contributed by atoms with E-state index in [2.05, 4.69) is 5.32 Å². The van der Waals surface area contributed by atoms with Crippen LogP contribution in [0.4, 0.5) is 13.2 Å². The number of amides is 1. The van der Waals surface area contributed by atoms with Crippen molar-refractivity contribution in [3.8, 4) is 0 Å². The van der Waals surface area contributed by atoms with E-state index in [1.54, 1.807) is 0 Å². The summed E-state index contributed by atoms with van der Waals surface area (Å²) in [5.74, 6) is -1.12. The number of hydrogen-bond donors (Lipinski definition) is 1. The van der Waals surface area contributed by atoms with Gasteiger partial charge < -0.3 is 10.1 Å². The van der Waals surface area contributed by atoms with Crippen molar-refractivity contribution < 1.29 is 27.5 Å². The highest BCUT2D eigenvalue weighted by atomic mass is 19.4. The van der Waals surface area contributed by atoms with Gasteiger partial charge in [-0.1, -0.05) is 13.0 Å². The van der Waals surface area contributed by atoms with E-state index < -0.39 is 23.6 Å². The molecule has 0 unspecified atom stereocenters. The number of carbonyl (C=O) groups excluding carboxylic acids is 2. The normalized spacial score (nSPS) is 11.0. The second-order valence-corrected chi connectivity index (χ2v) is 4.30. The Hall–Kier alpha value is -2.05. The number of halogens is 3. The van der Waals surface area contributed by atoms with Gasteiger partial charge in [-0.3, -0.25) is 9.59 Å². The van der Waals surface area contributed by atoms with E-state index in [0.29, 0.717) is 13.0 Å². The quantitative estimate of drug-likeness (QED) is 0.822. The third-order valence-electron chi connectivity index (χ3n) is 2.53. The highest BCUT2D eigenvalue weighted by Gasteiger charge is 2.30. The third kappa shape index (κ3) is 5.85. The van der Waals surface area contributed by atoms with Crippen molar-refractivity contribution in [3.05, 3.63) is 35.4 Å². The first kappa shape index (κ1) is 17.0. The van der Waals surface area contributed by atoms with Crippen LogP contribution in [0, 0.1) is 0 Å². The first-order valence-electron chi connectivity index (χ1n) is 6.45. The Morgan fingerprint density at radius 2 is 2.00 bits per heavy atom. The van der Waals surface area contributed by atoms with Crippen molar-refractivity contribution in [2.75, 3.05) is 13.2 Å². The van der Waals surface area contributed by atoms with Crippen LogP contribution in [0.1, 0.15) is 35.7 Å². The summed E-state index contributed by atoms with van der Waals surface area (Å²) in [5, 5.41) is 2.38. The number of nitrogens with one attached hydrogen (secondary N) is 1. The average molecular weight is 303 g/mol. The van der Waals surface area contributed by atoms with Gasteiger partial charge in [0.1, 0.15) is 0 Å². The second-order valence-electron chi connectivity index (χ2n) is 4.30. The fourth-order valence-electron chi connectivity index (χ4n) is 1.50. The van der Waals surface area contributed by atoms with Crippen molar-refractivity contribution in [1.29, 1.82) is 0 Å². The molecule has 4 nitrogen and oxygen atoms in total. The zero-order chi connectivity index (χ0) is 15.9. The Balaban J connectivity index is 2.51. The van der Waals surface area contributed by atoms with E-state index in [9.17, 15) is 22.8 Å². The van der Waals surface area contributed by atoms with Gasteiger partial charge in [-0.05, 0) is 24.6 Å². The molecule has 21 heavy (non-hydrogen) atoms. The molecule has 0 radical (unpaired) electrons. The molecule has 0 aliphatic heterocycles. The summed E-state index contributed by atoms with van der Waals surface area (Å²) in [6, 6.07) is 4.09. The molecule has 1 aromatic rings. The Morgan fingerprint density at radius 3 is 2.62 bits per heavy atom. The monoisotopic (exact) mass is 303 g/mol. The van der Waals surface area contributed by atoms with E-state index in [-0.39, 0.29) is 18.5 Å². The fourth-order valence-corrected chi connectivity index (χ4v) is 1.50. The zero-order valence-corrected chi connectivity index (χ0v) is 11.5. The standard InChI is InChI=1S/C14H16F3NO3/c1-2-8-21-12(19)6-7-18-13(20)10-4-3-5-11(9-10)14(15,16)17/h3-5,9H,2,6-8H2,1H3,(H,18,20). The van der Waals surface area contributed by atoms with E-state index in [1.807, 2.05) is 6.92 Å². The van der Waals surface area contributed by atoms with E-state index in [0.717, 1.165) is 18.2 Å². The molecule has 116 valence electrons. The minimum Gasteiger partial charge on any atom is -0.466 e. The maximum absolute atomic E-state index is 12.5. The Kier molecular flexibility index (Phi) is 6.20. The number of carbonyl (C=O) groups is 2. The number of alkyl halides is 3. The minimum atomic E-state index is -4.50. The lowest BCUT2D eigenvalue weighted by Crippen LogP contribution is -2.26. The molecule has 0 saturated carbocycles. The second kappa shape index (κ2) is 7.66. The highest BCUT2D eigenvalue weighted by molar-refractivity contribution is 5.94. The molecule has 0 aliphatic carbocycles. The molecule has 1 rings (SSSR count). The van der Waals surface area contributed by atoms with Gasteiger partial charge in [0.25, 0.3) is 5.91 Å². The summed E-state index contributed by atoms with van der Waals surface area (Å²) >= 11 is 0. The molecule has 0 aliphatic rings. The Morgan fingerprint density at radius 1 is 1.29 bits per heavy atom. The number of hydrogen-bond acceptors (Lipinski definition) is 3. The predicted octanol–water partition coefficient (Wildman–Crippen LogP) is 2.78. The van der Waals surface area contributed by atoms with Crippen LogP contribution in [0.2, 0.25) is 0 Å². The van der Waals surface area contributed by atoms with Gasteiger partial charge in [0.05, 0.1) is 18.6 Å². The molecule has 1 N–H and O–H groups in total. The lowest BCUT2D eigenvalue weighted by Gasteiger charge is -2.09. The van der Waals surface area contributed by atoms with Crippen molar-refractivity contribution in [3.63, 3.8) is 0 Å². The molecule has 0 aromatic heterocycles. The summed E-state index contributed by atoms with van der Waals surface area (Å²) in [4.78, 5) is 22.9. The molecule has 0 heterocycles. The SMILES string of the molecule is CCCOC(=O)CCNC(=O)c1cccc(C(F)(F)F)c1. The average Bonchev–Trinajstić information content (AvgIpc) is 2.44. The zero-order valence-electron chi connectivity index (χ0n) is 11.5. The fraction of sp³-hybridized carbons (Fsp3) is 0.429. The van der Waals surface area contributed by atoms with Gasteiger partial charge in [0, 0.05) is 12.1 Å². The first-order valence-corrected chi connectivity index (χ1v) is 6.45. The van der Waals surface area contributed by atoms with Crippen LogP contribution in [0.3, 0.4) is 0 Å². The molecule has 1 aromatic carbocycles. The van der Waals surface area contributed by atoms with Gasteiger partial charge in [0.15, 0.2) is 0 Å². The van der Waals surface area contributed by atoms with E-state index in [4.69, 9.17) is 4.74 Å². The van der Waals surface area contributed by atoms with Crippen LogP contribution in [0.25, 0.3) is 0 Å². The van der Waals surface area contributed by atoms with Crippen molar-refractivity contribution in [2.45, 2.75) is 25.9 Å². The highest BCUT2D eigenvalue weighted by Crippen LogP contribution is 2.29. The summed E-state index contributed by atoms with van der Waals surface area (Å²) in [6.45, 7) is 2.17. The lowest BCUT2D eigenvalue weighted by atomic mass is 10.1. The number of benzene rings is 1. The molecule has 0 fully saturated rings. The molecule has 0 atom stereocenters. The summed E-state index contributed by atoms with van der Waals surface area (Å²) in [7, 11) is 0. The molecule has 0 spiro atoms. The largest absolute Gasteiger partial charge is 0.466 e. The molecule has 0 bridgehead atoms. The van der Waals surface area contributed by atoms with Crippen molar-refractivity contribution >= 4 is 11.9 Å². The van der Waals surface area contributed by atoms with Gasteiger partial charge in [-0.2, -0.15) is 13.2 Å². The first-order chi connectivity index (χ1) is 9.84. The Bertz CT molecular complexity index is 500. The molecular formula is C14H16F3NO3. The topological polar surface area (TPSA) is 55.4 Å². The number of ether oxygens (including phenoxy) is 1. The van der Waals surface area contributed by atoms with Crippen molar-refractivity contribution in [2.24, 2.45) is 0 Å². The third-order valence-corrected chi connectivity index (χ3v) is 2.53. The molecular weight excluding hydrogens is 287 g/mol. The summed E-state index contributed by atoms with van der Waals surface area (Å²) < 4.78 is 42.3. The van der Waals surface area contributed by atoms with Gasteiger partial charge >= 0.3 is 12.1 Å². The lowest BCUT2D eigenvalue weighted by molar-refractivity contribution is -0.143. The summed E-state index contributed by atoms with van der Waals surface area (Å²) in [6.07, 6.45) is -3.83. The van der Waals surface area contributed by atoms with Gasteiger partial charge in [-0.25, -0.2) is 0 Å². The molecule has 1 amide bonds. The number of rotatable bonds is 6. The number of esters is 1. The van der Waals surface area contributed by atoms with Crippen LogP contribution in [0.15, 0.2) is 24.3 Å². The van der Waals surface area contributed by atoms with Crippen LogP contribution in [-0.2, 0) is 15.7 Å². The minimum absolute atomic E-state index is 0.0115. The van der Waals surface area contributed by atoms with Crippen LogP contribution < -0.4 is 5.32 Å².